The number of aromatic nitrogens is 9. The summed E-state index contributed by atoms with van der Waals surface area (Å²) >= 11 is 0. The maximum Gasteiger partial charge on any atom is 0.328 e. The van der Waals surface area contributed by atoms with Crippen molar-refractivity contribution in [3.8, 4) is 0 Å². The molecule has 123 heavy (non-hydrogen) atoms. The zero-order valence-corrected chi connectivity index (χ0v) is 65.6. The van der Waals surface area contributed by atoms with Crippen molar-refractivity contribution in [3.05, 3.63) is 70.6 Å². The van der Waals surface area contributed by atoms with Crippen LogP contribution in [0.25, 0.3) is 0 Å². The van der Waals surface area contributed by atoms with Gasteiger partial charge in [-0.1, -0.05) is 33.8 Å². The molecule has 3 unspecified atom stereocenters. The number of aliphatic hydroxyl groups is 21. The minimum atomic E-state index is -1.92. The molecule has 0 radical (unpaired) electrons. The smallest absolute Gasteiger partial charge is 0.328 e. The Morgan fingerprint density at radius 1 is 0.333 bits per heavy atom. The minimum Gasteiger partial charge on any atom is -0.467 e. The van der Waals surface area contributed by atoms with Crippen LogP contribution >= 0.6 is 0 Å². The lowest BCUT2D eigenvalue weighted by molar-refractivity contribution is -0.359. The van der Waals surface area contributed by atoms with Crippen molar-refractivity contribution in [2.45, 2.75) is 241 Å². The molecule has 6 aliphatic rings. The highest BCUT2D eigenvalue weighted by Crippen LogP contribution is 2.34. The highest BCUT2D eigenvalue weighted by Gasteiger charge is 2.55. The molecular formula is C69H102N12O42. The zero-order chi connectivity index (χ0) is 89.5. The third kappa shape index (κ3) is 23.5. The van der Waals surface area contributed by atoms with E-state index in [-0.39, 0.29) is 56.1 Å². The second-order valence-corrected chi connectivity index (χ2v) is 29.1. The third-order valence-corrected chi connectivity index (χ3v) is 20.8. The first-order valence-corrected chi connectivity index (χ1v) is 38.3. The van der Waals surface area contributed by atoms with E-state index in [9.17, 15) is 136 Å². The molecule has 6 fully saturated rings. The lowest BCUT2D eigenvalue weighted by atomic mass is 9.94. The minimum absolute atomic E-state index is 0.147. The van der Waals surface area contributed by atoms with Gasteiger partial charge in [-0.05, 0) is 16.7 Å². The van der Waals surface area contributed by atoms with Crippen LogP contribution in [-0.2, 0) is 124 Å². The molecule has 1 aromatic carbocycles. The molecule has 10 rings (SSSR count). The quantitative estimate of drug-likeness (QED) is 0.0146. The van der Waals surface area contributed by atoms with Crippen molar-refractivity contribution in [3.63, 3.8) is 0 Å². The van der Waals surface area contributed by atoms with E-state index in [2.05, 4.69) is 46.9 Å². The number of nitrogens with one attached hydrogen (secondary N) is 3. The van der Waals surface area contributed by atoms with Crippen LogP contribution in [0.2, 0.25) is 0 Å². The van der Waals surface area contributed by atoms with Crippen molar-refractivity contribution in [2.24, 2.45) is 0 Å². The summed E-state index contributed by atoms with van der Waals surface area (Å²) in [5.41, 5.74) is -0.747. The Morgan fingerprint density at radius 2 is 0.561 bits per heavy atom. The molecule has 54 nitrogen and oxygen atoms in total. The van der Waals surface area contributed by atoms with Crippen LogP contribution in [0.5, 0.6) is 0 Å². The van der Waals surface area contributed by atoms with Crippen LogP contribution in [0.1, 0.15) is 48.2 Å². The Hall–Kier alpha value is -7.86. The number of carbonyl (C=O) groups is 6. The summed E-state index contributed by atoms with van der Waals surface area (Å²) in [7, 11) is 3.01. The summed E-state index contributed by atoms with van der Waals surface area (Å²) in [6.07, 6.45) is -50.0. The molecule has 24 N–H and O–H groups in total. The fourth-order valence-corrected chi connectivity index (χ4v) is 14.0. The molecule has 9 heterocycles. The molecule has 3 aromatic heterocycles. The number of rotatable bonds is 39. The van der Waals surface area contributed by atoms with Crippen LogP contribution < -0.4 is 16.0 Å². The van der Waals surface area contributed by atoms with Gasteiger partial charge in [0, 0.05) is 19.3 Å². The van der Waals surface area contributed by atoms with Gasteiger partial charge in [0.15, 0.2) is 54.8 Å². The highest BCUT2D eigenvalue weighted by molar-refractivity contribution is 5.96. The van der Waals surface area contributed by atoms with Gasteiger partial charge in [-0.3, -0.25) is 14.4 Å². The largest absolute Gasteiger partial charge is 0.467 e. The predicted molar refractivity (Wildman–Crippen MR) is 384 cm³/mol. The van der Waals surface area contributed by atoms with Gasteiger partial charge in [0.1, 0.15) is 165 Å². The molecule has 0 aliphatic carbocycles. The lowest BCUT2D eigenvalue weighted by Crippen LogP contribution is -2.64. The molecule has 690 valence electrons. The molecule has 4 aromatic rings. The van der Waals surface area contributed by atoms with Gasteiger partial charge in [-0.15, -0.1) is 15.3 Å². The number of carbonyl (C=O) groups excluding carboxylic acids is 6. The van der Waals surface area contributed by atoms with Crippen LogP contribution in [-0.4, -0.2) is 471 Å². The van der Waals surface area contributed by atoms with Gasteiger partial charge in [-0.25, -0.2) is 28.4 Å². The van der Waals surface area contributed by atoms with Gasteiger partial charge in [0.2, 0.25) is 0 Å². The SMILES string of the molecule is COC(=O)C(Cc1cc(CC(NC(=O)c2cn(CCO[C@@H]3O[C@H](CO)[C@@H](O[C@@H]4O[C@H](CO)[C@H](O)[C@H](O)[C@H]4O)[C@H](O)[C@H]3O)nn2)C(=O)OC)cc(CC(NC(=O)c2cn(CCO[C@@H]3O[C@H](CO)[C@@H](O[C@@H]4O[C@H](CO)[C@H](O)[C@H](O)[C@H]4O)[C@H](O)[C@H]3O)nn2)C(=O)OC)c1)NC(=O)c1cn(CCO[C@@H]2O[C@H](CO)[C@@H](O[C@@H]3O[C@H](CO)[C@H](O)[C@H](O)[C@H]3O)[C@H](O)[C@H]2O)nn1. The summed E-state index contributed by atoms with van der Waals surface area (Å²) in [6, 6.07) is -0.510. The van der Waals surface area contributed by atoms with E-state index in [4.69, 9.17) is 71.1 Å². The van der Waals surface area contributed by atoms with Gasteiger partial charge >= 0.3 is 17.9 Å². The number of amides is 3. The van der Waals surface area contributed by atoms with Crippen molar-refractivity contribution in [1.29, 1.82) is 0 Å². The second kappa shape index (κ2) is 44.5. The molecular weight excluding hydrogens is 1670 g/mol. The first-order valence-electron chi connectivity index (χ1n) is 38.3. The standard InChI is InChI=1S/C69H102N12O42/c1-109-61(106)28(70-58(103)31-16-79(76-73-31)4-7-112-64-52(100)46(94)55(37(22-85)118-64)121-67-49(97)43(91)40(88)34(19-82)115-67)13-25-10-26(14-29(62(107)110-2)71-59(104)32-17-80(77-74-32)5-8-113-65-53(101)47(95)56(38(23-86)119-65)122-68-50(98)44(92)41(89)35(20-83)116-68)12-27(11-25)15-30(63(108)111-3)72-60(105)33-18-81(78-75-33)6-9-114-66-54(102)48(96)57(39(24-87)120-66)123-69-51(99)45(93)42(90)36(21-84)117-69/h10-12,16-18,28-30,34-57,64-69,82-102H,4-9,13-15,19-24H2,1-3H3,(H,70,103)(H,71,104)(H,72,105)/t28?,29?,30?,34-,35-,36-,37-,38-,39-,40+,41+,42+,43+,44+,45+,46-,47-,48-,49-,50-,51-,52-,53-,54-,55-,56-,57-,64-,65-,66-,67+,68+,69+/m1/s1. The lowest BCUT2D eigenvalue weighted by Gasteiger charge is -2.45. The summed E-state index contributed by atoms with van der Waals surface area (Å²) in [6.45, 7) is -6.91. The van der Waals surface area contributed by atoms with E-state index in [1.807, 2.05) is 0 Å². The Balaban J connectivity index is 0.809. The number of hydrogen-bond acceptors (Lipinski definition) is 48. The number of hydrogen-bond donors (Lipinski definition) is 24. The van der Waals surface area contributed by atoms with Crippen molar-refractivity contribution < 1.29 is 207 Å². The molecule has 0 bridgehead atoms. The number of ether oxygens (including phenoxy) is 15. The van der Waals surface area contributed by atoms with Crippen LogP contribution in [0, 0.1) is 0 Å². The number of aliphatic hydroxyl groups excluding tert-OH is 21. The summed E-state index contributed by atoms with van der Waals surface area (Å²) in [4.78, 5) is 83.3. The fourth-order valence-electron chi connectivity index (χ4n) is 14.0. The maximum absolute atomic E-state index is 14.0. The van der Waals surface area contributed by atoms with Crippen LogP contribution in [0.15, 0.2) is 36.8 Å². The normalized spacial score (nSPS) is 34.9. The summed E-state index contributed by atoms with van der Waals surface area (Å²) in [5.74, 6) is -6.18. The molecule has 6 saturated heterocycles. The number of methoxy groups -OCH3 is 3. The van der Waals surface area contributed by atoms with Crippen molar-refractivity contribution in [2.75, 3.05) is 80.8 Å². The molecule has 0 saturated carbocycles. The van der Waals surface area contributed by atoms with Gasteiger partial charge in [0.05, 0.1) is 119 Å². The Bertz CT molecular complexity index is 3640. The zero-order valence-electron chi connectivity index (χ0n) is 65.6. The molecule has 54 heteroatoms. The second-order valence-electron chi connectivity index (χ2n) is 29.1. The molecule has 6 aliphatic heterocycles. The average molecular weight is 1770 g/mol. The van der Waals surface area contributed by atoms with Crippen molar-refractivity contribution >= 4 is 35.6 Å². The Labute approximate surface area is 694 Å². The van der Waals surface area contributed by atoms with Gasteiger partial charge in [-0.2, -0.15) is 0 Å². The third-order valence-electron chi connectivity index (χ3n) is 20.8. The number of benzene rings is 1. The van der Waals surface area contributed by atoms with E-state index in [0.717, 1.165) is 54.0 Å². The molecule has 0 spiro atoms. The van der Waals surface area contributed by atoms with E-state index >= 15 is 0 Å². The first kappa shape index (κ1) is 97.3. The summed E-state index contributed by atoms with van der Waals surface area (Å²) in [5, 5.41) is 249. The Kier molecular flexibility index (Phi) is 35.2. The van der Waals surface area contributed by atoms with E-state index in [1.165, 1.54) is 18.2 Å². The maximum atomic E-state index is 14.0. The predicted octanol–water partition coefficient (Wildman–Crippen LogP) is -17.1. The van der Waals surface area contributed by atoms with Gasteiger partial charge in [0.25, 0.3) is 17.7 Å². The van der Waals surface area contributed by atoms with E-state index < -0.39 is 314 Å². The summed E-state index contributed by atoms with van der Waals surface area (Å²) < 4.78 is 85.2. The Morgan fingerprint density at radius 3 is 0.789 bits per heavy atom. The van der Waals surface area contributed by atoms with E-state index in [1.54, 1.807) is 0 Å². The monoisotopic (exact) mass is 1770 g/mol. The van der Waals surface area contributed by atoms with Crippen molar-refractivity contribution in [1.82, 2.24) is 60.9 Å². The number of esters is 3. The van der Waals surface area contributed by atoms with Crippen LogP contribution in [0.3, 0.4) is 0 Å². The molecule has 33 atom stereocenters. The average Bonchev–Trinajstić information content (AvgIpc) is 1.59. The molecule has 3 amide bonds. The van der Waals surface area contributed by atoms with Gasteiger partial charge < -0.3 is 194 Å². The van der Waals surface area contributed by atoms with E-state index in [0.29, 0.717) is 0 Å². The highest BCUT2D eigenvalue weighted by atomic mass is 16.8. The number of nitrogens with zero attached hydrogens (tertiary/aromatic N) is 9. The topological polar surface area (TPSA) is 794 Å². The fraction of sp³-hybridized carbons (Fsp3) is 0.739. The first-order chi connectivity index (χ1) is 58.7. The van der Waals surface area contributed by atoms with Crippen LogP contribution in [0.4, 0.5) is 0 Å².